The fourth-order valence-corrected chi connectivity index (χ4v) is 5.77. The minimum absolute atomic E-state index is 0.0189. The maximum atomic E-state index is 14.4. The predicted molar refractivity (Wildman–Crippen MR) is 88.1 cm³/mol. The summed E-state index contributed by atoms with van der Waals surface area (Å²) in [5.74, 6) is -42.2. The van der Waals surface area contributed by atoms with Crippen molar-refractivity contribution in [2.24, 2.45) is 0 Å². The average molecular weight is 611 g/mol. The summed E-state index contributed by atoms with van der Waals surface area (Å²) < 4.78 is 202. The molecule has 33 heavy (non-hydrogen) atoms. The molecule has 0 atom stereocenters. The Hall–Kier alpha value is -1.17. The summed E-state index contributed by atoms with van der Waals surface area (Å²) in [4.78, 5) is -3.66. The summed E-state index contributed by atoms with van der Waals surface area (Å²) in [5, 5.41) is 0. The largest absolute Gasteiger partial charge is 0.460 e. The molecule has 0 spiro atoms. The standard InChI is InChI=1S/C15H2BrF15S2/c16-6-2-4-8(33-6)7-3(9(4,17)18)1-5(32-7)10(19,20)11(21,22)12(23,24)13(25,26)14(27,28)15(29,30)31/h1-2H. The van der Waals surface area contributed by atoms with E-state index in [9.17, 15) is 65.9 Å². The van der Waals surface area contributed by atoms with E-state index in [1.807, 2.05) is 0 Å². The lowest BCUT2D eigenvalue weighted by Crippen LogP contribution is -2.69. The second kappa shape index (κ2) is 6.95. The van der Waals surface area contributed by atoms with Crippen molar-refractivity contribution in [3.8, 4) is 9.75 Å². The van der Waals surface area contributed by atoms with Gasteiger partial charge >= 0.3 is 41.7 Å². The van der Waals surface area contributed by atoms with Gasteiger partial charge in [0.25, 0.3) is 0 Å². The lowest BCUT2D eigenvalue weighted by Gasteiger charge is -2.39. The van der Waals surface area contributed by atoms with Crippen LogP contribution in [0.5, 0.6) is 0 Å². The van der Waals surface area contributed by atoms with Gasteiger partial charge in [0.2, 0.25) is 0 Å². The van der Waals surface area contributed by atoms with E-state index >= 15 is 0 Å². The Bertz CT molecular complexity index is 1090. The van der Waals surface area contributed by atoms with Gasteiger partial charge in [0.15, 0.2) is 0 Å². The first-order chi connectivity index (χ1) is 14.5. The molecule has 2 heterocycles. The van der Waals surface area contributed by atoms with Gasteiger partial charge in [-0.05, 0) is 28.1 Å². The summed E-state index contributed by atoms with van der Waals surface area (Å²) in [6, 6.07) is 0.428. The van der Waals surface area contributed by atoms with E-state index in [0.29, 0.717) is 11.3 Å². The van der Waals surface area contributed by atoms with E-state index in [1.54, 1.807) is 0 Å². The number of alkyl halides is 15. The molecule has 1 aliphatic carbocycles. The van der Waals surface area contributed by atoms with Crippen LogP contribution in [-0.2, 0) is 11.8 Å². The highest BCUT2D eigenvalue weighted by molar-refractivity contribution is 9.11. The van der Waals surface area contributed by atoms with Gasteiger partial charge in [0.05, 0.1) is 18.4 Å². The minimum Gasteiger partial charge on any atom is -0.196 e. The minimum atomic E-state index is -8.05. The van der Waals surface area contributed by atoms with Crippen LogP contribution in [0, 0.1) is 0 Å². The SMILES string of the molecule is FC1(F)c2cc(Br)sc2-c2sc(C(F)(F)C(F)(F)C(F)(F)C(F)(F)C(F)(F)C(F)(F)F)cc21. The Balaban J connectivity index is 2.14. The molecule has 0 nitrogen and oxygen atoms in total. The lowest BCUT2D eigenvalue weighted by atomic mass is 9.93. The van der Waals surface area contributed by atoms with Crippen molar-refractivity contribution in [2.75, 3.05) is 0 Å². The fraction of sp³-hybridized carbons (Fsp3) is 0.467. The molecule has 0 bridgehead atoms. The van der Waals surface area contributed by atoms with Gasteiger partial charge in [0, 0.05) is 11.1 Å². The topological polar surface area (TPSA) is 0 Å². The molecule has 0 saturated heterocycles. The van der Waals surface area contributed by atoms with E-state index in [2.05, 4.69) is 15.9 Å². The second-order valence-corrected chi connectivity index (χ2v) is 10.1. The molecule has 0 N–H and O–H groups in total. The van der Waals surface area contributed by atoms with Crippen molar-refractivity contribution in [1.82, 2.24) is 0 Å². The number of thiophene rings is 2. The Kier molecular flexibility index (Phi) is 5.57. The Morgan fingerprint density at radius 3 is 1.52 bits per heavy atom. The highest BCUT2D eigenvalue weighted by Gasteiger charge is 2.91. The van der Waals surface area contributed by atoms with Gasteiger partial charge in [-0.15, -0.1) is 22.7 Å². The molecule has 0 unspecified atom stereocenters. The van der Waals surface area contributed by atoms with Gasteiger partial charge in [-0.3, -0.25) is 0 Å². The maximum absolute atomic E-state index is 14.4. The Labute approximate surface area is 188 Å². The number of hydrogen-bond donors (Lipinski definition) is 0. The summed E-state index contributed by atoms with van der Waals surface area (Å²) >= 11 is 2.63. The number of rotatable bonds is 5. The zero-order valence-electron chi connectivity index (χ0n) is 14.5. The third kappa shape index (κ3) is 3.18. The van der Waals surface area contributed by atoms with Gasteiger partial charge < -0.3 is 0 Å². The van der Waals surface area contributed by atoms with Crippen molar-refractivity contribution in [2.45, 2.75) is 41.7 Å². The van der Waals surface area contributed by atoms with E-state index in [4.69, 9.17) is 0 Å². The first-order valence-electron chi connectivity index (χ1n) is 7.74. The summed E-state index contributed by atoms with van der Waals surface area (Å²) in [5.41, 5.74) is -2.16. The van der Waals surface area contributed by atoms with Crippen LogP contribution in [0.3, 0.4) is 0 Å². The van der Waals surface area contributed by atoms with Crippen molar-refractivity contribution in [3.63, 3.8) is 0 Å². The first kappa shape index (κ1) is 26.4. The molecular weight excluding hydrogens is 609 g/mol. The van der Waals surface area contributed by atoms with Crippen molar-refractivity contribution < 1.29 is 65.9 Å². The quantitative estimate of drug-likeness (QED) is 0.297. The molecule has 2 aromatic heterocycles. The van der Waals surface area contributed by atoms with Crippen LogP contribution in [0.25, 0.3) is 9.75 Å². The maximum Gasteiger partial charge on any atom is 0.460 e. The monoisotopic (exact) mass is 610 g/mol. The smallest absolute Gasteiger partial charge is 0.196 e. The number of halogens is 16. The zero-order valence-corrected chi connectivity index (χ0v) is 17.7. The Morgan fingerprint density at radius 1 is 0.606 bits per heavy atom. The number of hydrogen-bond acceptors (Lipinski definition) is 2. The summed E-state index contributed by atoms with van der Waals surface area (Å²) in [7, 11) is 0. The molecule has 2 aromatic rings. The fourth-order valence-electron chi connectivity index (χ4n) is 2.78. The lowest BCUT2D eigenvalue weighted by molar-refractivity contribution is -0.441. The molecule has 0 aromatic carbocycles. The third-order valence-corrected chi connectivity index (χ3v) is 7.57. The molecule has 0 saturated carbocycles. The predicted octanol–water partition coefficient (Wildman–Crippen LogP) is 8.89. The highest BCUT2D eigenvalue weighted by atomic mass is 79.9. The van der Waals surface area contributed by atoms with Gasteiger partial charge in [-0.25, -0.2) is 0 Å². The molecule has 0 radical (unpaired) electrons. The summed E-state index contributed by atoms with van der Waals surface area (Å²) in [6.45, 7) is 0. The van der Waals surface area contributed by atoms with E-state index < -0.39 is 84.9 Å². The molecule has 1 aliphatic rings. The molecule has 3 rings (SSSR count). The zero-order chi connectivity index (χ0) is 25.8. The van der Waals surface area contributed by atoms with Crippen LogP contribution >= 0.6 is 38.6 Å². The van der Waals surface area contributed by atoms with E-state index in [0.717, 1.165) is 6.07 Å². The normalized spacial score (nSPS) is 17.3. The molecule has 186 valence electrons. The molecule has 0 aliphatic heterocycles. The van der Waals surface area contributed by atoms with Crippen molar-refractivity contribution in [3.05, 3.63) is 31.9 Å². The van der Waals surface area contributed by atoms with Crippen LogP contribution in [0.2, 0.25) is 0 Å². The molecule has 0 fully saturated rings. The number of fused-ring (bicyclic) bond motifs is 3. The van der Waals surface area contributed by atoms with Gasteiger partial charge in [-0.1, -0.05) is 0 Å². The molecule has 0 amide bonds. The summed E-state index contributed by atoms with van der Waals surface area (Å²) in [6.07, 6.45) is -7.53. The van der Waals surface area contributed by atoms with Gasteiger partial charge in [0.1, 0.15) is 0 Å². The van der Waals surface area contributed by atoms with Gasteiger partial charge in [-0.2, -0.15) is 65.9 Å². The highest BCUT2D eigenvalue weighted by Crippen LogP contribution is 2.65. The van der Waals surface area contributed by atoms with Crippen molar-refractivity contribution in [1.29, 1.82) is 0 Å². The first-order valence-corrected chi connectivity index (χ1v) is 10.2. The van der Waals surface area contributed by atoms with Crippen LogP contribution in [0.1, 0.15) is 16.0 Å². The van der Waals surface area contributed by atoms with E-state index in [-0.39, 0.29) is 3.79 Å². The van der Waals surface area contributed by atoms with Crippen LogP contribution < -0.4 is 0 Å². The average Bonchev–Trinajstić information content (AvgIpc) is 3.28. The molecule has 18 heteroatoms. The van der Waals surface area contributed by atoms with Crippen LogP contribution in [0.4, 0.5) is 65.9 Å². The van der Waals surface area contributed by atoms with Crippen LogP contribution in [-0.4, -0.2) is 29.9 Å². The van der Waals surface area contributed by atoms with E-state index in [1.165, 1.54) is 0 Å². The molecular formula is C15H2BrF15S2. The van der Waals surface area contributed by atoms with Crippen LogP contribution in [0.15, 0.2) is 15.9 Å². The third-order valence-electron chi connectivity index (χ3n) is 4.56. The Morgan fingerprint density at radius 2 is 1.03 bits per heavy atom. The van der Waals surface area contributed by atoms with Crippen molar-refractivity contribution >= 4 is 38.6 Å². The second-order valence-electron chi connectivity index (χ2n) is 6.59.